The van der Waals surface area contributed by atoms with E-state index >= 15 is 0 Å². The average Bonchev–Trinajstić information content (AvgIpc) is 2.65. The number of aliphatic hydroxyl groups excluding tert-OH is 1. The smallest absolute Gasteiger partial charge is 0.114 e. The van der Waals surface area contributed by atoms with Crippen molar-refractivity contribution in [1.82, 2.24) is 0 Å². The number of rotatable bonds is 6. The fourth-order valence-corrected chi connectivity index (χ4v) is 1.94. The predicted octanol–water partition coefficient (Wildman–Crippen LogP) is 1.39. The van der Waals surface area contributed by atoms with Crippen LogP contribution in [0.5, 0.6) is 0 Å². The molecule has 0 saturated heterocycles. The number of nitrogens with two attached hydrogens (primary N) is 1. The van der Waals surface area contributed by atoms with Crippen molar-refractivity contribution >= 4 is 11.8 Å². The summed E-state index contributed by atoms with van der Waals surface area (Å²) < 4.78 is 5.52. The maximum absolute atomic E-state index is 8.71. The highest BCUT2D eigenvalue weighted by atomic mass is 32.2. The number of thioether (sulfide) groups is 1. The third-order valence-corrected chi connectivity index (χ3v) is 3.03. The van der Waals surface area contributed by atoms with Gasteiger partial charge in [-0.05, 0) is 12.1 Å². The summed E-state index contributed by atoms with van der Waals surface area (Å²) in [6, 6.07) is 3.87. The molecule has 1 heterocycles. The van der Waals surface area contributed by atoms with Gasteiger partial charge in [0.1, 0.15) is 11.5 Å². The van der Waals surface area contributed by atoms with Crippen LogP contribution >= 0.6 is 11.8 Å². The largest absolute Gasteiger partial charge is 0.465 e. The maximum atomic E-state index is 8.71. The molecule has 0 aliphatic heterocycles. The van der Waals surface area contributed by atoms with E-state index in [4.69, 9.17) is 15.3 Å². The van der Waals surface area contributed by atoms with Crippen molar-refractivity contribution in [3.05, 3.63) is 23.7 Å². The van der Waals surface area contributed by atoms with Crippen LogP contribution in [0.3, 0.4) is 0 Å². The van der Waals surface area contributed by atoms with Gasteiger partial charge in [-0.2, -0.15) is 11.8 Å². The lowest BCUT2D eigenvalue weighted by atomic mass is 10.4. The molecule has 1 rings (SSSR count). The first-order chi connectivity index (χ1) is 6.76. The molecule has 14 heavy (non-hydrogen) atoms. The highest BCUT2D eigenvalue weighted by Crippen LogP contribution is 2.16. The topological polar surface area (TPSA) is 59.4 Å². The van der Waals surface area contributed by atoms with Crippen molar-refractivity contribution in [1.29, 1.82) is 0 Å². The van der Waals surface area contributed by atoms with E-state index in [9.17, 15) is 0 Å². The van der Waals surface area contributed by atoms with Gasteiger partial charge < -0.3 is 15.3 Å². The van der Waals surface area contributed by atoms with Gasteiger partial charge >= 0.3 is 0 Å². The van der Waals surface area contributed by atoms with Gasteiger partial charge in [0.15, 0.2) is 0 Å². The van der Waals surface area contributed by atoms with E-state index in [1.54, 1.807) is 11.8 Å². The lowest BCUT2D eigenvalue weighted by molar-refractivity contribution is 0.275. The third-order valence-electron chi connectivity index (χ3n) is 1.88. The van der Waals surface area contributed by atoms with E-state index < -0.39 is 0 Å². The van der Waals surface area contributed by atoms with Crippen molar-refractivity contribution in [3.63, 3.8) is 0 Å². The monoisotopic (exact) mass is 215 g/mol. The fourth-order valence-electron chi connectivity index (χ4n) is 1.05. The Kier molecular flexibility index (Phi) is 5.07. The summed E-state index contributed by atoms with van der Waals surface area (Å²) in [5, 5.41) is 8.71. The minimum absolute atomic E-state index is 0.0470. The van der Waals surface area contributed by atoms with Gasteiger partial charge in [0, 0.05) is 18.2 Å². The molecule has 4 heteroatoms. The Morgan fingerprint density at radius 3 is 2.79 bits per heavy atom. The molecule has 0 amide bonds. The summed E-state index contributed by atoms with van der Waals surface area (Å²) in [6.07, 6.45) is 0.931. The molecule has 0 aromatic carbocycles. The van der Waals surface area contributed by atoms with Crippen molar-refractivity contribution in [2.45, 2.75) is 25.1 Å². The van der Waals surface area contributed by atoms with Crippen LogP contribution < -0.4 is 5.73 Å². The molecule has 1 aromatic rings. The van der Waals surface area contributed by atoms with E-state index in [0.29, 0.717) is 0 Å². The Labute approximate surface area is 88.7 Å². The van der Waals surface area contributed by atoms with Gasteiger partial charge in [0.25, 0.3) is 0 Å². The molecular weight excluding hydrogens is 198 g/mol. The zero-order chi connectivity index (χ0) is 10.4. The zero-order valence-corrected chi connectivity index (χ0v) is 9.22. The lowest BCUT2D eigenvalue weighted by Crippen LogP contribution is -2.26. The molecule has 0 aliphatic carbocycles. The second-order valence-corrected chi connectivity index (χ2v) is 4.21. The molecule has 0 radical (unpaired) electrons. The van der Waals surface area contributed by atoms with Crippen LogP contribution in [-0.4, -0.2) is 23.5 Å². The van der Waals surface area contributed by atoms with Crippen molar-refractivity contribution in [3.8, 4) is 0 Å². The summed E-state index contributed by atoms with van der Waals surface area (Å²) >= 11 is 1.68. The Bertz CT molecular complexity index is 262. The Morgan fingerprint density at radius 1 is 1.50 bits per heavy atom. The fraction of sp³-hybridized carbons (Fsp3) is 0.600. The van der Waals surface area contributed by atoms with Crippen LogP contribution in [0.2, 0.25) is 0 Å². The molecule has 1 atom stereocenters. The average molecular weight is 215 g/mol. The Hall–Kier alpha value is -0.450. The molecule has 3 nitrogen and oxygen atoms in total. The first-order valence-electron chi connectivity index (χ1n) is 4.78. The minimum Gasteiger partial charge on any atom is -0.465 e. The summed E-state index contributed by atoms with van der Waals surface area (Å²) in [6.45, 7) is 2.11. The molecule has 1 unspecified atom stereocenters. The molecule has 0 bridgehead atoms. The highest BCUT2D eigenvalue weighted by Gasteiger charge is 2.03. The zero-order valence-electron chi connectivity index (χ0n) is 8.40. The standard InChI is InChI=1S/C10H17NO2S/c1-2-9-3-4-10(13-9)7-14-6-8(11)5-12/h3-4,8,12H,2,5-7,11H2,1H3. The summed E-state index contributed by atoms with van der Waals surface area (Å²) in [5.74, 6) is 3.59. The minimum atomic E-state index is -0.124. The number of aryl methyl sites for hydroxylation is 1. The van der Waals surface area contributed by atoms with Crippen LogP contribution in [0.1, 0.15) is 18.4 Å². The number of hydrogen-bond donors (Lipinski definition) is 2. The molecule has 1 aromatic heterocycles. The van der Waals surface area contributed by atoms with E-state index in [0.717, 1.165) is 29.4 Å². The molecule has 0 saturated carbocycles. The van der Waals surface area contributed by atoms with E-state index in [2.05, 4.69) is 6.92 Å². The summed E-state index contributed by atoms with van der Waals surface area (Å²) in [7, 11) is 0. The lowest BCUT2D eigenvalue weighted by Gasteiger charge is -2.05. The van der Waals surface area contributed by atoms with Crippen molar-refractivity contribution < 1.29 is 9.52 Å². The molecule has 0 aliphatic rings. The number of furan rings is 1. The summed E-state index contributed by atoms with van der Waals surface area (Å²) in [5.41, 5.74) is 5.57. The number of hydrogen-bond acceptors (Lipinski definition) is 4. The highest BCUT2D eigenvalue weighted by molar-refractivity contribution is 7.98. The molecule has 80 valence electrons. The third kappa shape index (κ3) is 3.74. The maximum Gasteiger partial charge on any atom is 0.114 e. The second-order valence-electron chi connectivity index (χ2n) is 3.18. The van der Waals surface area contributed by atoms with Crippen LogP contribution in [0.15, 0.2) is 16.5 Å². The number of aliphatic hydroxyl groups is 1. The van der Waals surface area contributed by atoms with E-state index in [1.165, 1.54) is 0 Å². The quantitative estimate of drug-likeness (QED) is 0.753. The molecular formula is C10H17NO2S. The summed E-state index contributed by atoms with van der Waals surface area (Å²) in [4.78, 5) is 0. The van der Waals surface area contributed by atoms with Crippen molar-refractivity contribution in [2.75, 3.05) is 12.4 Å². The van der Waals surface area contributed by atoms with Gasteiger partial charge in [-0.15, -0.1) is 0 Å². The van der Waals surface area contributed by atoms with Crippen LogP contribution in [0.4, 0.5) is 0 Å². The molecule has 3 N–H and O–H groups in total. The van der Waals surface area contributed by atoms with E-state index in [1.807, 2.05) is 12.1 Å². The van der Waals surface area contributed by atoms with Crippen LogP contribution in [0, 0.1) is 0 Å². The second kappa shape index (κ2) is 6.11. The van der Waals surface area contributed by atoms with Gasteiger partial charge in [0.05, 0.1) is 12.4 Å². The first kappa shape index (κ1) is 11.6. The SMILES string of the molecule is CCc1ccc(CSCC(N)CO)o1. The van der Waals surface area contributed by atoms with Gasteiger partial charge in [0.2, 0.25) is 0 Å². The van der Waals surface area contributed by atoms with Gasteiger partial charge in [-0.3, -0.25) is 0 Å². The molecule has 0 spiro atoms. The predicted molar refractivity (Wildman–Crippen MR) is 59.3 cm³/mol. The van der Waals surface area contributed by atoms with E-state index in [-0.39, 0.29) is 12.6 Å². The Balaban J connectivity index is 2.24. The molecule has 0 fully saturated rings. The van der Waals surface area contributed by atoms with Gasteiger partial charge in [-0.1, -0.05) is 6.92 Å². The van der Waals surface area contributed by atoms with Crippen LogP contribution in [-0.2, 0) is 12.2 Å². The van der Waals surface area contributed by atoms with Gasteiger partial charge in [-0.25, -0.2) is 0 Å². The Morgan fingerprint density at radius 2 is 2.21 bits per heavy atom. The van der Waals surface area contributed by atoms with Crippen LogP contribution in [0.25, 0.3) is 0 Å². The normalized spacial score (nSPS) is 13.1. The first-order valence-corrected chi connectivity index (χ1v) is 5.93. The van der Waals surface area contributed by atoms with Crippen molar-refractivity contribution in [2.24, 2.45) is 5.73 Å².